The number of carboxylic acid groups (broad SMARTS) is 1. The standard InChI is InChI=1S/C12H22N2O4/c1-9(10-5-3-4-8-18-10)13-12(17)14(2)7-6-11(15)16/h9-10H,3-8H2,1-2H3,(H,13,17)(H,15,16). The molecule has 0 aromatic carbocycles. The van der Waals surface area contributed by atoms with Crippen LogP contribution in [0.3, 0.4) is 0 Å². The summed E-state index contributed by atoms with van der Waals surface area (Å²) in [5.41, 5.74) is 0. The zero-order valence-electron chi connectivity index (χ0n) is 11.0. The first kappa shape index (κ1) is 14.8. The van der Waals surface area contributed by atoms with E-state index in [9.17, 15) is 9.59 Å². The zero-order valence-corrected chi connectivity index (χ0v) is 11.0. The van der Waals surface area contributed by atoms with Gasteiger partial charge in [0.1, 0.15) is 0 Å². The fourth-order valence-corrected chi connectivity index (χ4v) is 1.92. The molecule has 1 aliphatic heterocycles. The number of carbonyl (C=O) groups excluding carboxylic acids is 1. The van der Waals surface area contributed by atoms with Crippen LogP contribution in [0, 0.1) is 0 Å². The maximum atomic E-state index is 11.8. The summed E-state index contributed by atoms with van der Waals surface area (Å²) in [5, 5.41) is 11.4. The highest BCUT2D eigenvalue weighted by Gasteiger charge is 2.23. The molecule has 6 heteroatoms. The van der Waals surface area contributed by atoms with E-state index in [1.807, 2.05) is 6.92 Å². The zero-order chi connectivity index (χ0) is 13.5. The molecule has 0 aromatic heterocycles. The van der Waals surface area contributed by atoms with E-state index < -0.39 is 5.97 Å². The summed E-state index contributed by atoms with van der Waals surface area (Å²) in [4.78, 5) is 23.6. The molecular formula is C12H22N2O4. The number of ether oxygens (including phenoxy) is 1. The first-order valence-corrected chi connectivity index (χ1v) is 6.35. The lowest BCUT2D eigenvalue weighted by molar-refractivity contribution is -0.137. The average Bonchev–Trinajstić information content (AvgIpc) is 2.36. The van der Waals surface area contributed by atoms with Crippen LogP contribution < -0.4 is 5.32 Å². The molecule has 0 spiro atoms. The molecule has 0 bridgehead atoms. The van der Waals surface area contributed by atoms with E-state index in [-0.39, 0.29) is 31.1 Å². The predicted octanol–water partition coefficient (Wildman–Crippen LogP) is 1.06. The largest absolute Gasteiger partial charge is 0.481 e. The minimum absolute atomic E-state index is 0.0434. The molecule has 1 rings (SSSR count). The van der Waals surface area contributed by atoms with Crippen molar-refractivity contribution < 1.29 is 19.4 Å². The molecule has 2 amide bonds. The van der Waals surface area contributed by atoms with Gasteiger partial charge in [-0.1, -0.05) is 0 Å². The van der Waals surface area contributed by atoms with Crippen molar-refractivity contribution in [1.29, 1.82) is 0 Å². The highest BCUT2D eigenvalue weighted by molar-refractivity contribution is 5.75. The van der Waals surface area contributed by atoms with Crippen LogP contribution in [0.25, 0.3) is 0 Å². The molecule has 2 atom stereocenters. The van der Waals surface area contributed by atoms with Gasteiger partial charge < -0.3 is 20.1 Å². The number of rotatable bonds is 5. The summed E-state index contributed by atoms with van der Waals surface area (Å²) in [6.07, 6.45) is 3.18. The van der Waals surface area contributed by atoms with E-state index in [0.29, 0.717) is 0 Å². The van der Waals surface area contributed by atoms with E-state index in [1.165, 1.54) is 4.90 Å². The molecule has 104 valence electrons. The third-order valence-electron chi connectivity index (χ3n) is 3.13. The Bertz CT molecular complexity index is 290. The lowest BCUT2D eigenvalue weighted by Crippen LogP contribution is -2.48. The third-order valence-corrected chi connectivity index (χ3v) is 3.13. The van der Waals surface area contributed by atoms with Crippen LogP contribution >= 0.6 is 0 Å². The van der Waals surface area contributed by atoms with Gasteiger partial charge in [-0.3, -0.25) is 4.79 Å². The summed E-state index contributed by atoms with van der Waals surface area (Å²) in [6.45, 7) is 2.87. The highest BCUT2D eigenvalue weighted by atomic mass is 16.5. The van der Waals surface area contributed by atoms with Crippen LogP contribution in [0.5, 0.6) is 0 Å². The normalized spacial score (nSPS) is 21.1. The van der Waals surface area contributed by atoms with E-state index in [1.54, 1.807) is 7.05 Å². The highest BCUT2D eigenvalue weighted by Crippen LogP contribution is 2.15. The first-order chi connectivity index (χ1) is 8.50. The SMILES string of the molecule is CC(NC(=O)N(C)CCC(=O)O)C1CCCCO1. The monoisotopic (exact) mass is 258 g/mol. The van der Waals surface area contributed by atoms with Gasteiger partial charge in [-0.25, -0.2) is 4.79 Å². The number of hydrogen-bond acceptors (Lipinski definition) is 3. The van der Waals surface area contributed by atoms with Gasteiger partial charge in [0, 0.05) is 20.2 Å². The number of nitrogens with zero attached hydrogens (tertiary/aromatic N) is 1. The van der Waals surface area contributed by atoms with Crippen LogP contribution in [0.15, 0.2) is 0 Å². The van der Waals surface area contributed by atoms with Crippen LogP contribution in [0.4, 0.5) is 4.79 Å². The Balaban J connectivity index is 2.31. The fraction of sp³-hybridized carbons (Fsp3) is 0.833. The van der Waals surface area contributed by atoms with Crippen LogP contribution in [0.1, 0.15) is 32.6 Å². The lowest BCUT2D eigenvalue weighted by atomic mass is 10.0. The molecule has 0 aliphatic carbocycles. The Kier molecular flexibility index (Phi) is 5.91. The summed E-state index contributed by atoms with van der Waals surface area (Å²) < 4.78 is 5.59. The molecule has 2 unspecified atom stereocenters. The van der Waals surface area contributed by atoms with Gasteiger partial charge in [-0.15, -0.1) is 0 Å². The molecular weight excluding hydrogens is 236 g/mol. The number of carboxylic acids is 1. The second-order valence-corrected chi connectivity index (χ2v) is 4.71. The Hall–Kier alpha value is -1.30. The molecule has 6 nitrogen and oxygen atoms in total. The molecule has 1 aliphatic rings. The second-order valence-electron chi connectivity index (χ2n) is 4.71. The summed E-state index contributed by atoms with van der Waals surface area (Å²) in [7, 11) is 1.59. The van der Waals surface area contributed by atoms with Crippen molar-refractivity contribution in [3.05, 3.63) is 0 Å². The van der Waals surface area contributed by atoms with Crippen molar-refractivity contribution in [2.75, 3.05) is 20.2 Å². The maximum Gasteiger partial charge on any atom is 0.317 e. The summed E-state index contributed by atoms with van der Waals surface area (Å²) >= 11 is 0. The van der Waals surface area contributed by atoms with Crippen LogP contribution in [0.2, 0.25) is 0 Å². The Labute approximate surface area is 107 Å². The van der Waals surface area contributed by atoms with Gasteiger partial charge in [0.15, 0.2) is 0 Å². The Morgan fingerprint density at radius 1 is 1.50 bits per heavy atom. The fourth-order valence-electron chi connectivity index (χ4n) is 1.92. The van der Waals surface area contributed by atoms with Gasteiger partial charge >= 0.3 is 12.0 Å². The van der Waals surface area contributed by atoms with Gasteiger partial charge in [0.2, 0.25) is 0 Å². The molecule has 0 saturated carbocycles. The number of aliphatic carboxylic acids is 1. The summed E-state index contributed by atoms with van der Waals surface area (Å²) in [6, 6.07) is -0.303. The van der Waals surface area contributed by atoms with Gasteiger partial charge in [-0.2, -0.15) is 0 Å². The number of urea groups is 1. The molecule has 2 N–H and O–H groups in total. The number of hydrogen-bond donors (Lipinski definition) is 2. The Morgan fingerprint density at radius 2 is 2.22 bits per heavy atom. The van der Waals surface area contributed by atoms with Crippen molar-refractivity contribution in [1.82, 2.24) is 10.2 Å². The van der Waals surface area contributed by atoms with E-state index in [4.69, 9.17) is 9.84 Å². The quantitative estimate of drug-likeness (QED) is 0.773. The molecule has 1 saturated heterocycles. The van der Waals surface area contributed by atoms with Gasteiger partial charge in [-0.05, 0) is 26.2 Å². The van der Waals surface area contributed by atoms with E-state index >= 15 is 0 Å². The number of nitrogens with one attached hydrogen (secondary N) is 1. The van der Waals surface area contributed by atoms with Crippen molar-refractivity contribution in [2.45, 2.75) is 44.8 Å². The van der Waals surface area contributed by atoms with E-state index in [0.717, 1.165) is 25.9 Å². The maximum absolute atomic E-state index is 11.8. The van der Waals surface area contributed by atoms with Crippen molar-refractivity contribution >= 4 is 12.0 Å². The van der Waals surface area contributed by atoms with Crippen molar-refractivity contribution in [3.63, 3.8) is 0 Å². The average molecular weight is 258 g/mol. The molecule has 0 aromatic rings. The minimum atomic E-state index is -0.904. The lowest BCUT2D eigenvalue weighted by Gasteiger charge is -2.30. The Morgan fingerprint density at radius 3 is 2.78 bits per heavy atom. The van der Waals surface area contributed by atoms with Gasteiger partial charge in [0.05, 0.1) is 18.6 Å². The third kappa shape index (κ3) is 4.91. The van der Waals surface area contributed by atoms with Crippen LogP contribution in [-0.2, 0) is 9.53 Å². The molecule has 1 fully saturated rings. The smallest absolute Gasteiger partial charge is 0.317 e. The van der Waals surface area contributed by atoms with E-state index in [2.05, 4.69) is 5.32 Å². The second kappa shape index (κ2) is 7.20. The summed E-state index contributed by atoms with van der Waals surface area (Å²) in [5.74, 6) is -0.904. The minimum Gasteiger partial charge on any atom is -0.481 e. The van der Waals surface area contributed by atoms with Crippen molar-refractivity contribution in [2.24, 2.45) is 0 Å². The molecule has 0 radical (unpaired) electrons. The van der Waals surface area contributed by atoms with Crippen molar-refractivity contribution in [3.8, 4) is 0 Å². The number of amides is 2. The number of carbonyl (C=O) groups is 2. The topological polar surface area (TPSA) is 78.9 Å². The molecule has 18 heavy (non-hydrogen) atoms. The first-order valence-electron chi connectivity index (χ1n) is 6.35. The molecule has 1 heterocycles. The van der Waals surface area contributed by atoms with Gasteiger partial charge in [0.25, 0.3) is 0 Å². The van der Waals surface area contributed by atoms with Crippen LogP contribution in [-0.4, -0.2) is 54.4 Å². The predicted molar refractivity (Wildman–Crippen MR) is 66.5 cm³/mol.